The van der Waals surface area contributed by atoms with Crippen LogP contribution in [0.5, 0.6) is 5.75 Å². The van der Waals surface area contributed by atoms with Crippen molar-refractivity contribution in [2.75, 3.05) is 0 Å². The van der Waals surface area contributed by atoms with Crippen LogP contribution >= 0.6 is 0 Å². The van der Waals surface area contributed by atoms with Crippen LogP contribution in [-0.2, 0) is 16.0 Å². The molecule has 0 aromatic heterocycles. The monoisotopic (exact) mass is 304 g/mol. The SMILES string of the molecule is C[C@H]1CCCC(=O)CCCCCc2ccc(O)cc2C(=O)O1. The lowest BCUT2D eigenvalue weighted by Crippen LogP contribution is -2.17. The number of ether oxygens (including phenoxy) is 1. The average molecular weight is 304 g/mol. The van der Waals surface area contributed by atoms with Crippen molar-refractivity contribution in [3.63, 3.8) is 0 Å². The summed E-state index contributed by atoms with van der Waals surface area (Å²) >= 11 is 0. The summed E-state index contributed by atoms with van der Waals surface area (Å²) in [6.07, 6.45) is 5.99. The Morgan fingerprint density at radius 2 is 1.77 bits per heavy atom. The molecule has 0 fully saturated rings. The number of aromatic hydroxyl groups is 1. The lowest BCUT2D eigenvalue weighted by atomic mass is 9.99. The summed E-state index contributed by atoms with van der Waals surface area (Å²) in [7, 11) is 0. The molecule has 0 bridgehead atoms. The van der Waals surface area contributed by atoms with Gasteiger partial charge in [0.15, 0.2) is 0 Å². The molecule has 1 aliphatic rings. The number of aryl methyl sites for hydroxylation is 1. The average Bonchev–Trinajstić information content (AvgIpc) is 2.47. The summed E-state index contributed by atoms with van der Waals surface area (Å²) < 4.78 is 5.45. The molecule has 0 saturated carbocycles. The molecule has 1 atom stereocenters. The number of hydrogen-bond donors (Lipinski definition) is 1. The fourth-order valence-electron chi connectivity index (χ4n) is 2.80. The van der Waals surface area contributed by atoms with Crippen LogP contribution < -0.4 is 0 Å². The smallest absolute Gasteiger partial charge is 0.338 e. The van der Waals surface area contributed by atoms with Crippen molar-refractivity contribution in [3.05, 3.63) is 29.3 Å². The van der Waals surface area contributed by atoms with Crippen LogP contribution in [0.1, 0.15) is 67.8 Å². The van der Waals surface area contributed by atoms with Crippen molar-refractivity contribution in [2.24, 2.45) is 0 Å². The normalized spacial score (nSPS) is 21.6. The van der Waals surface area contributed by atoms with Gasteiger partial charge in [-0.3, -0.25) is 4.79 Å². The van der Waals surface area contributed by atoms with Crippen molar-refractivity contribution >= 4 is 11.8 Å². The van der Waals surface area contributed by atoms with Gasteiger partial charge < -0.3 is 9.84 Å². The zero-order valence-corrected chi connectivity index (χ0v) is 13.1. The van der Waals surface area contributed by atoms with Gasteiger partial charge >= 0.3 is 5.97 Å². The molecule has 0 saturated heterocycles. The number of phenolic OH excluding ortho intramolecular Hbond substituents is 1. The molecule has 4 nitrogen and oxygen atoms in total. The lowest BCUT2D eigenvalue weighted by Gasteiger charge is -2.16. The molecular formula is C18H24O4. The predicted molar refractivity (Wildman–Crippen MR) is 84.0 cm³/mol. The first-order chi connectivity index (χ1) is 10.6. The Morgan fingerprint density at radius 3 is 2.59 bits per heavy atom. The number of esters is 1. The number of benzene rings is 1. The van der Waals surface area contributed by atoms with Gasteiger partial charge in [0.1, 0.15) is 11.5 Å². The Kier molecular flexibility index (Phi) is 5.99. The highest BCUT2D eigenvalue weighted by Crippen LogP contribution is 2.22. The topological polar surface area (TPSA) is 63.6 Å². The third-order valence-electron chi connectivity index (χ3n) is 4.09. The van der Waals surface area contributed by atoms with E-state index in [2.05, 4.69) is 0 Å². The van der Waals surface area contributed by atoms with E-state index < -0.39 is 0 Å². The largest absolute Gasteiger partial charge is 0.508 e. The molecule has 0 unspecified atom stereocenters. The molecule has 1 aliphatic heterocycles. The van der Waals surface area contributed by atoms with E-state index in [1.807, 2.05) is 6.92 Å². The quantitative estimate of drug-likeness (QED) is 0.741. The minimum absolute atomic E-state index is 0.0788. The second-order valence-corrected chi connectivity index (χ2v) is 6.05. The van der Waals surface area contributed by atoms with Crippen LogP contribution in [0.4, 0.5) is 0 Å². The minimum atomic E-state index is -0.387. The number of Topliss-reactive ketones (excluding diaryl/α,β-unsaturated/α-hetero) is 1. The van der Waals surface area contributed by atoms with E-state index in [0.717, 1.165) is 37.7 Å². The van der Waals surface area contributed by atoms with E-state index in [9.17, 15) is 14.7 Å². The van der Waals surface area contributed by atoms with Gasteiger partial charge in [-0.15, -0.1) is 0 Å². The first-order valence-electron chi connectivity index (χ1n) is 8.11. The van der Waals surface area contributed by atoms with Crippen LogP contribution in [0.3, 0.4) is 0 Å². The molecule has 1 aromatic carbocycles. The van der Waals surface area contributed by atoms with Crippen molar-refractivity contribution in [2.45, 2.75) is 64.4 Å². The van der Waals surface area contributed by atoms with Gasteiger partial charge in [0.25, 0.3) is 0 Å². The second kappa shape index (κ2) is 7.97. The maximum atomic E-state index is 12.3. The second-order valence-electron chi connectivity index (χ2n) is 6.05. The van der Waals surface area contributed by atoms with Crippen LogP contribution in [0.2, 0.25) is 0 Å². The maximum absolute atomic E-state index is 12.3. The van der Waals surface area contributed by atoms with Crippen molar-refractivity contribution < 1.29 is 19.4 Å². The van der Waals surface area contributed by atoms with Crippen LogP contribution in [-0.4, -0.2) is 23.0 Å². The van der Waals surface area contributed by atoms with Gasteiger partial charge in [0, 0.05) is 12.8 Å². The Balaban J connectivity index is 2.15. The fourth-order valence-corrected chi connectivity index (χ4v) is 2.80. The summed E-state index contributed by atoms with van der Waals surface area (Å²) in [4.78, 5) is 24.0. The van der Waals surface area contributed by atoms with Crippen molar-refractivity contribution in [3.8, 4) is 5.75 Å². The zero-order chi connectivity index (χ0) is 15.9. The van der Waals surface area contributed by atoms with Crippen LogP contribution in [0.15, 0.2) is 18.2 Å². The molecule has 4 heteroatoms. The molecule has 1 aromatic rings. The van der Waals surface area contributed by atoms with Crippen molar-refractivity contribution in [1.29, 1.82) is 0 Å². The highest BCUT2D eigenvalue weighted by Gasteiger charge is 2.17. The minimum Gasteiger partial charge on any atom is -0.508 e. The fraction of sp³-hybridized carbons (Fsp3) is 0.556. The Labute approximate surface area is 131 Å². The summed E-state index contributed by atoms with van der Waals surface area (Å²) in [6, 6.07) is 4.87. The third kappa shape index (κ3) is 4.86. The molecule has 22 heavy (non-hydrogen) atoms. The van der Waals surface area contributed by atoms with Gasteiger partial charge in [-0.2, -0.15) is 0 Å². The van der Waals surface area contributed by atoms with Crippen LogP contribution in [0, 0.1) is 0 Å². The van der Waals surface area contributed by atoms with Gasteiger partial charge in [-0.25, -0.2) is 4.79 Å². The molecule has 1 N–H and O–H groups in total. The Bertz CT molecular complexity index is 536. The number of carbonyl (C=O) groups is 2. The number of cyclic esters (lactones) is 1. The zero-order valence-electron chi connectivity index (χ0n) is 13.1. The van der Waals surface area contributed by atoms with Crippen LogP contribution in [0.25, 0.3) is 0 Å². The number of ketones is 1. The molecule has 1 heterocycles. The number of rotatable bonds is 0. The standard InChI is InChI=1S/C18H24O4/c1-13-6-5-9-15(19)8-4-2-3-7-14-10-11-16(20)12-17(14)18(21)22-13/h10-13,20H,2-9H2,1H3/t13-/m0/s1. The number of fused-ring (bicyclic) bond motifs is 1. The highest BCUT2D eigenvalue weighted by molar-refractivity contribution is 5.91. The molecule has 2 rings (SSSR count). The van der Waals surface area contributed by atoms with E-state index in [1.54, 1.807) is 12.1 Å². The van der Waals surface area contributed by atoms with Crippen molar-refractivity contribution in [1.82, 2.24) is 0 Å². The van der Waals surface area contributed by atoms with E-state index in [4.69, 9.17) is 4.74 Å². The summed E-state index contributed by atoms with van der Waals surface area (Å²) in [6.45, 7) is 1.84. The first-order valence-corrected chi connectivity index (χ1v) is 8.11. The molecule has 0 aliphatic carbocycles. The number of hydrogen-bond acceptors (Lipinski definition) is 4. The Hall–Kier alpha value is -1.84. The third-order valence-corrected chi connectivity index (χ3v) is 4.09. The van der Waals surface area contributed by atoms with E-state index in [0.29, 0.717) is 30.6 Å². The van der Waals surface area contributed by atoms with Gasteiger partial charge in [0.2, 0.25) is 0 Å². The first kappa shape index (κ1) is 16.5. The predicted octanol–water partition coefficient (Wildman–Crippen LogP) is 3.79. The highest BCUT2D eigenvalue weighted by atomic mass is 16.5. The summed E-state index contributed by atoms with van der Waals surface area (Å²) in [5.41, 5.74) is 1.36. The van der Waals surface area contributed by atoms with Gasteiger partial charge in [0.05, 0.1) is 11.7 Å². The Morgan fingerprint density at radius 1 is 1.05 bits per heavy atom. The van der Waals surface area contributed by atoms with E-state index in [-0.39, 0.29) is 17.8 Å². The summed E-state index contributed by atoms with van der Waals surface area (Å²) in [5, 5.41) is 9.63. The molecule has 0 radical (unpaired) electrons. The molecule has 0 spiro atoms. The van der Waals surface area contributed by atoms with E-state index >= 15 is 0 Å². The molecule has 0 amide bonds. The lowest BCUT2D eigenvalue weighted by molar-refractivity contribution is -0.119. The molecule has 120 valence electrons. The number of phenols is 1. The number of carbonyl (C=O) groups excluding carboxylic acids is 2. The van der Waals surface area contributed by atoms with Gasteiger partial charge in [-0.05, 0) is 56.7 Å². The molecular weight excluding hydrogens is 280 g/mol. The van der Waals surface area contributed by atoms with E-state index in [1.165, 1.54) is 6.07 Å². The van der Waals surface area contributed by atoms with Gasteiger partial charge in [-0.1, -0.05) is 12.5 Å². The summed E-state index contributed by atoms with van der Waals surface area (Å²) in [5.74, 6) is -0.00207. The maximum Gasteiger partial charge on any atom is 0.338 e.